The molecule has 0 bridgehead atoms. The molecule has 12 rings (SSSR count). The number of unbranched alkanes of at least 4 members (excludes halogenated alkanes) is 2. The number of aldehydes is 1. The average molecular weight is 1570 g/mol. The summed E-state index contributed by atoms with van der Waals surface area (Å²) in [6.45, 7) is 13.5. The van der Waals surface area contributed by atoms with E-state index in [1.807, 2.05) is 200 Å². The number of aliphatic hydroxyl groups is 3. The number of methoxy groups -OCH3 is 2. The molecule has 0 unspecified atom stereocenters. The third-order valence-corrected chi connectivity index (χ3v) is 21.7. The number of hydrogen-bond acceptors (Lipinski definition) is 16. The summed E-state index contributed by atoms with van der Waals surface area (Å²) in [5, 5.41) is 33.7. The van der Waals surface area contributed by atoms with E-state index in [1.165, 1.54) is 23.8 Å². The largest absolute Gasteiger partial charge is 0.393 e. The van der Waals surface area contributed by atoms with Crippen molar-refractivity contribution in [2.75, 3.05) is 60.5 Å². The summed E-state index contributed by atoms with van der Waals surface area (Å²) in [6.07, 6.45) is 5.78. The third-order valence-electron chi connectivity index (χ3n) is 21.7. The van der Waals surface area contributed by atoms with Gasteiger partial charge in [-0.1, -0.05) is 267 Å². The summed E-state index contributed by atoms with van der Waals surface area (Å²) in [4.78, 5) is 13.5. The minimum atomic E-state index is -1.89. The predicted octanol–water partition coefficient (Wildman–Crippen LogP) is 17.0. The number of rotatable bonds is 44. The van der Waals surface area contributed by atoms with E-state index in [1.54, 1.807) is 19.3 Å². The van der Waals surface area contributed by atoms with Crippen molar-refractivity contribution in [3.05, 3.63) is 381 Å². The second-order valence-electron chi connectivity index (χ2n) is 29.9. The van der Waals surface area contributed by atoms with Crippen LogP contribution in [0.25, 0.3) is 0 Å². The van der Waals surface area contributed by atoms with Crippen LogP contribution in [0.4, 0.5) is 0 Å². The lowest BCUT2D eigenvalue weighted by Crippen LogP contribution is -2.72. The fraction of sp³-hybridized carbons (Fsp3) is 0.350. The zero-order valence-corrected chi connectivity index (χ0v) is 67.5. The number of benzene rings is 10. The zero-order chi connectivity index (χ0) is 81.3. The molecular weight excluding hydrogens is 1460 g/mol. The number of carbonyl (C=O) groups excluding carboxylic acids is 1. The molecule has 0 spiro atoms. The highest BCUT2D eigenvalue weighted by Gasteiger charge is 2.66. The fourth-order valence-corrected chi connectivity index (χ4v) is 15.1. The SMILES string of the molecule is C=CCOCCCCc1ccc(Cc2cc([C@]3(OC)OC(CO)(CO)[C@@H](OCc4ccccc4)[C@H](OCc4ccccc4)[C@H]3OCc3ccccc3)ccc2C)cc1.C=CCOCCCCc1ccc(Cc2cc([C@]3(OC)O[C@](C=O)(CO)[C@@H](OCc4ccccc4)[C@H](OCc4ccccc4)[C@H]3OCc3ccccc3)ccc2C)cc1. The van der Waals surface area contributed by atoms with E-state index in [4.69, 9.17) is 56.8 Å². The van der Waals surface area contributed by atoms with E-state index >= 15 is 0 Å². The lowest BCUT2D eigenvalue weighted by molar-refractivity contribution is -0.417. The minimum absolute atomic E-state index is 0.138. The van der Waals surface area contributed by atoms with Crippen LogP contribution in [0, 0.1) is 13.8 Å². The molecular formula is C100H114O16. The Kier molecular flexibility index (Phi) is 33.9. The van der Waals surface area contributed by atoms with Crippen LogP contribution >= 0.6 is 0 Å². The maximum Gasteiger partial charge on any atom is 0.225 e. The van der Waals surface area contributed by atoms with Crippen LogP contribution in [0.1, 0.15) is 115 Å². The van der Waals surface area contributed by atoms with Crippen molar-refractivity contribution in [1.29, 1.82) is 0 Å². The summed E-state index contributed by atoms with van der Waals surface area (Å²) in [5.74, 6) is -3.36. The zero-order valence-electron chi connectivity index (χ0n) is 67.5. The van der Waals surface area contributed by atoms with E-state index in [-0.39, 0.29) is 39.6 Å². The summed E-state index contributed by atoms with van der Waals surface area (Å²) < 4.78 is 78.9. The Hall–Kier alpha value is -9.25. The molecule has 116 heavy (non-hydrogen) atoms. The van der Waals surface area contributed by atoms with Crippen molar-refractivity contribution < 1.29 is 77.0 Å². The number of aliphatic hydroxyl groups excluding tert-OH is 3. The molecule has 10 aromatic carbocycles. The number of hydrogen-bond donors (Lipinski definition) is 3. The Morgan fingerprint density at radius 2 is 0.681 bits per heavy atom. The highest BCUT2D eigenvalue weighted by Crippen LogP contribution is 2.50. The van der Waals surface area contributed by atoms with E-state index in [9.17, 15) is 20.1 Å². The first-order valence-electron chi connectivity index (χ1n) is 40.3. The van der Waals surface area contributed by atoms with Gasteiger partial charge in [0.1, 0.15) is 42.2 Å². The molecule has 0 saturated carbocycles. The molecule has 2 fully saturated rings. The monoisotopic (exact) mass is 1570 g/mol. The smallest absolute Gasteiger partial charge is 0.225 e. The normalized spacial score (nSPS) is 21.0. The molecule has 16 nitrogen and oxygen atoms in total. The fourth-order valence-electron chi connectivity index (χ4n) is 15.1. The Morgan fingerprint density at radius 1 is 0.362 bits per heavy atom. The van der Waals surface area contributed by atoms with Gasteiger partial charge in [0.05, 0.1) is 72.7 Å². The first-order valence-corrected chi connectivity index (χ1v) is 40.3. The van der Waals surface area contributed by atoms with Crippen molar-refractivity contribution in [3.8, 4) is 0 Å². The van der Waals surface area contributed by atoms with Gasteiger partial charge < -0.3 is 72.2 Å². The van der Waals surface area contributed by atoms with Crippen molar-refractivity contribution >= 4 is 6.29 Å². The van der Waals surface area contributed by atoms with Gasteiger partial charge in [0.15, 0.2) is 11.9 Å². The van der Waals surface area contributed by atoms with Crippen LogP contribution in [0.5, 0.6) is 0 Å². The first-order chi connectivity index (χ1) is 56.9. The van der Waals surface area contributed by atoms with Gasteiger partial charge >= 0.3 is 0 Å². The summed E-state index contributed by atoms with van der Waals surface area (Å²) in [6, 6.07) is 88.5. The first kappa shape index (κ1) is 87.6. The van der Waals surface area contributed by atoms with Crippen LogP contribution in [-0.2, 0) is 139 Å². The second-order valence-corrected chi connectivity index (χ2v) is 29.9. The molecule has 0 aliphatic carbocycles. The molecule has 610 valence electrons. The van der Waals surface area contributed by atoms with Crippen LogP contribution in [-0.4, -0.2) is 130 Å². The van der Waals surface area contributed by atoms with E-state index in [0.717, 1.165) is 113 Å². The van der Waals surface area contributed by atoms with Crippen molar-refractivity contribution in [2.45, 2.75) is 164 Å². The summed E-state index contributed by atoms with van der Waals surface area (Å²) in [7, 11) is 3.11. The predicted molar refractivity (Wildman–Crippen MR) is 451 cm³/mol. The minimum Gasteiger partial charge on any atom is -0.393 e. The van der Waals surface area contributed by atoms with Crippen molar-refractivity contribution in [2.24, 2.45) is 0 Å². The number of aryl methyl sites for hydroxylation is 4. The summed E-state index contributed by atoms with van der Waals surface area (Å²) >= 11 is 0. The highest BCUT2D eigenvalue weighted by molar-refractivity contribution is 5.65. The molecule has 2 saturated heterocycles. The third kappa shape index (κ3) is 23.1. The lowest BCUT2D eigenvalue weighted by atomic mass is 9.80. The molecule has 3 N–H and O–H groups in total. The lowest BCUT2D eigenvalue weighted by Gasteiger charge is -2.56. The maximum absolute atomic E-state index is 13.5. The molecule has 0 radical (unpaired) electrons. The molecule has 2 heterocycles. The standard InChI is InChI=1S/C50H58O8.C50H56O8/c2*1-4-29-54-30-15-14-16-39-24-26-40(27-25-39)31-44-32-45(28-23-38(44)2)50(53-3)48(57-35-43-21-12-7-13-22-43)46(55-33-41-17-8-5-9-18-41)47(49(36-51,37-52)58-50)56-34-42-19-10-6-11-20-42/h4-13,17-28,32,46-48,51-52H,1,14-16,29-31,33-37H2,2-3H3;4-13,17-28,32,36,46-48,52H,1,14-16,29-31,33-35,37H2,2-3H3/t46-,47-,48+,50-;46-,47-,48+,49+,50-/m00/s1. The average Bonchev–Trinajstić information content (AvgIpc) is 0.723. The Labute approximate surface area is 685 Å². The molecule has 10 aromatic rings. The van der Waals surface area contributed by atoms with Crippen molar-refractivity contribution in [1.82, 2.24) is 0 Å². The van der Waals surface area contributed by atoms with Gasteiger partial charge in [-0.2, -0.15) is 0 Å². The molecule has 2 aliphatic rings. The Morgan fingerprint density at radius 3 is 1.01 bits per heavy atom. The van der Waals surface area contributed by atoms with Gasteiger partial charge in [0.2, 0.25) is 11.6 Å². The van der Waals surface area contributed by atoms with Crippen molar-refractivity contribution in [3.63, 3.8) is 0 Å². The molecule has 9 atom stereocenters. The molecule has 2 aliphatic heterocycles. The van der Waals surface area contributed by atoms with E-state index in [0.29, 0.717) is 43.5 Å². The van der Waals surface area contributed by atoms with E-state index < -0.39 is 79.2 Å². The molecule has 0 amide bonds. The van der Waals surface area contributed by atoms with Crippen LogP contribution in [0.2, 0.25) is 0 Å². The van der Waals surface area contributed by atoms with Crippen LogP contribution in [0.15, 0.2) is 292 Å². The second kappa shape index (κ2) is 44.9. The van der Waals surface area contributed by atoms with E-state index in [2.05, 4.69) is 93.7 Å². The highest BCUT2D eigenvalue weighted by atomic mass is 16.8. The summed E-state index contributed by atoms with van der Waals surface area (Å²) in [5.41, 5.74) is 12.5. The molecule has 0 aromatic heterocycles. The Balaban J connectivity index is 0.000000228. The topological polar surface area (TPSA) is 189 Å². The maximum atomic E-state index is 13.5. The van der Waals surface area contributed by atoms with Gasteiger partial charge in [-0.15, -0.1) is 13.2 Å². The van der Waals surface area contributed by atoms with Gasteiger partial charge in [0.25, 0.3) is 0 Å². The van der Waals surface area contributed by atoms with Crippen LogP contribution in [0.3, 0.4) is 0 Å². The van der Waals surface area contributed by atoms with Gasteiger partial charge in [-0.3, -0.25) is 4.79 Å². The number of ether oxygens (including phenoxy) is 12. The van der Waals surface area contributed by atoms with Gasteiger partial charge in [0, 0.05) is 38.6 Å². The van der Waals surface area contributed by atoms with Crippen LogP contribution < -0.4 is 0 Å². The number of carbonyl (C=O) groups is 1. The Bertz CT molecular complexity index is 4520. The molecule has 16 heteroatoms. The van der Waals surface area contributed by atoms with Gasteiger partial charge in [-0.05, 0) is 155 Å². The van der Waals surface area contributed by atoms with Gasteiger partial charge in [-0.25, -0.2) is 0 Å². The quantitative estimate of drug-likeness (QED) is 0.0186.